The summed E-state index contributed by atoms with van der Waals surface area (Å²) in [5.74, 6) is 0. The monoisotopic (exact) mass is 349 g/mol. The second-order valence-electron chi connectivity index (χ2n) is 7.66. The summed E-state index contributed by atoms with van der Waals surface area (Å²) in [5, 5.41) is 24.5. The maximum absolute atomic E-state index is 11.2. The molecule has 0 bridgehead atoms. The van der Waals surface area contributed by atoms with Gasteiger partial charge in [-0.1, -0.05) is 27.7 Å². The van der Waals surface area contributed by atoms with Crippen molar-refractivity contribution in [3.05, 3.63) is 33.9 Å². The van der Waals surface area contributed by atoms with Crippen LogP contribution >= 0.6 is 0 Å². The van der Waals surface area contributed by atoms with E-state index in [2.05, 4.69) is 37.9 Å². The molecule has 0 saturated heterocycles. The Kier molecular flexibility index (Phi) is 6.41. The van der Waals surface area contributed by atoms with Crippen LogP contribution in [-0.2, 0) is 0 Å². The average Bonchev–Trinajstić information content (AvgIpc) is 2.60. The lowest BCUT2D eigenvalue weighted by atomic mass is 9.77. The smallest absolute Gasteiger partial charge is 0.269 e. The van der Waals surface area contributed by atoms with Gasteiger partial charge in [-0.05, 0) is 44.0 Å². The summed E-state index contributed by atoms with van der Waals surface area (Å²) in [7, 11) is 0. The molecule has 0 saturated carbocycles. The Morgan fingerprint density at radius 3 is 2.48 bits per heavy atom. The van der Waals surface area contributed by atoms with Gasteiger partial charge in [0.2, 0.25) is 0 Å². The van der Waals surface area contributed by atoms with E-state index in [1.54, 1.807) is 12.1 Å². The van der Waals surface area contributed by atoms with Crippen LogP contribution in [0.4, 0.5) is 11.4 Å². The van der Waals surface area contributed by atoms with E-state index in [9.17, 15) is 15.2 Å². The van der Waals surface area contributed by atoms with Crippen molar-refractivity contribution < 1.29 is 10.0 Å². The Bertz CT molecular complexity index is 598. The van der Waals surface area contributed by atoms with Crippen molar-refractivity contribution in [2.75, 3.05) is 25.0 Å². The van der Waals surface area contributed by atoms with Gasteiger partial charge in [0.05, 0.1) is 11.5 Å². The number of nitrogens with zero attached hydrogens (tertiary/aromatic N) is 2. The molecule has 0 aromatic heterocycles. The normalized spacial score (nSPS) is 20.2. The van der Waals surface area contributed by atoms with Crippen molar-refractivity contribution in [2.24, 2.45) is 5.41 Å². The number of aliphatic hydroxyl groups is 1. The van der Waals surface area contributed by atoms with E-state index in [0.29, 0.717) is 0 Å². The van der Waals surface area contributed by atoms with E-state index in [-0.39, 0.29) is 34.7 Å². The average molecular weight is 349 g/mol. The molecule has 0 radical (unpaired) electrons. The van der Waals surface area contributed by atoms with Crippen LogP contribution in [-0.4, -0.2) is 40.7 Å². The number of hydrogen-bond acceptors (Lipinski definition) is 5. The van der Waals surface area contributed by atoms with Gasteiger partial charge in [-0.25, -0.2) is 0 Å². The zero-order chi connectivity index (χ0) is 18.6. The Labute approximate surface area is 150 Å². The van der Waals surface area contributed by atoms with Crippen LogP contribution in [0.5, 0.6) is 0 Å². The first-order valence-corrected chi connectivity index (χ1v) is 9.23. The van der Waals surface area contributed by atoms with Crippen LogP contribution in [0.15, 0.2) is 18.2 Å². The van der Waals surface area contributed by atoms with Gasteiger partial charge in [-0.15, -0.1) is 0 Å². The number of fused-ring (bicyclic) bond motifs is 1. The molecule has 1 aliphatic heterocycles. The van der Waals surface area contributed by atoms with Crippen molar-refractivity contribution in [1.82, 2.24) is 4.90 Å². The highest BCUT2D eigenvalue weighted by atomic mass is 16.6. The largest absolute Gasteiger partial charge is 0.396 e. The van der Waals surface area contributed by atoms with Crippen LogP contribution in [0.2, 0.25) is 0 Å². The molecule has 2 rings (SSSR count). The Hall–Kier alpha value is -1.66. The number of anilines is 1. The SMILES string of the molecule is CCCN(CCC)C1CC(C(C)(C)CO)Nc2ccc([N+](=O)[O-])cc21. The maximum atomic E-state index is 11.2. The highest BCUT2D eigenvalue weighted by molar-refractivity contribution is 5.60. The molecular weight excluding hydrogens is 318 g/mol. The molecular formula is C19H31N3O3. The fourth-order valence-corrected chi connectivity index (χ4v) is 3.64. The minimum Gasteiger partial charge on any atom is -0.396 e. The second kappa shape index (κ2) is 8.15. The third-order valence-electron chi connectivity index (χ3n) is 5.21. The van der Waals surface area contributed by atoms with Gasteiger partial charge in [-0.2, -0.15) is 0 Å². The molecule has 25 heavy (non-hydrogen) atoms. The van der Waals surface area contributed by atoms with E-state index >= 15 is 0 Å². The topological polar surface area (TPSA) is 78.6 Å². The minimum absolute atomic E-state index is 0.0985. The van der Waals surface area contributed by atoms with Crippen molar-refractivity contribution in [3.8, 4) is 0 Å². The standard InChI is InChI=1S/C19H31N3O3/c1-5-9-21(10-6-2)17-12-18(19(3,4)13-23)20-16-8-7-14(22(24)25)11-15(16)17/h7-8,11,17-18,20,23H,5-6,9-10,12-13H2,1-4H3. The lowest BCUT2D eigenvalue weighted by molar-refractivity contribution is -0.384. The number of rotatable bonds is 8. The van der Waals surface area contributed by atoms with Crippen molar-refractivity contribution in [1.29, 1.82) is 0 Å². The van der Waals surface area contributed by atoms with Gasteiger partial charge in [-0.3, -0.25) is 15.0 Å². The molecule has 0 spiro atoms. The molecule has 1 heterocycles. The van der Waals surface area contributed by atoms with Gasteiger partial charge in [0.25, 0.3) is 5.69 Å². The number of hydrogen-bond donors (Lipinski definition) is 2. The number of aliphatic hydroxyl groups excluding tert-OH is 1. The molecule has 0 amide bonds. The van der Waals surface area contributed by atoms with Crippen LogP contribution in [0.25, 0.3) is 0 Å². The van der Waals surface area contributed by atoms with E-state index in [4.69, 9.17) is 0 Å². The maximum Gasteiger partial charge on any atom is 0.269 e. The van der Waals surface area contributed by atoms with E-state index < -0.39 is 0 Å². The number of nitro benzene ring substituents is 1. The number of nitrogens with one attached hydrogen (secondary N) is 1. The first kappa shape index (κ1) is 19.7. The third-order valence-corrected chi connectivity index (χ3v) is 5.21. The summed E-state index contributed by atoms with van der Waals surface area (Å²) in [6, 6.07) is 5.34. The highest BCUT2D eigenvalue weighted by Crippen LogP contribution is 2.42. The summed E-state index contributed by atoms with van der Waals surface area (Å²) in [4.78, 5) is 13.3. The van der Waals surface area contributed by atoms with Crippen molar-refractivity contribution in [2.45, 2.75) is 59.0 Å². The number of non-ortho nitro benzene ring substituents is 1. The molecule has 2 N–H and O–H groups in total. The fourth-order valence-electron chi connectivity index (χ4n) is 3.64. The van der Waals surface area contributed by atoms with Gasteiger partial charge < -0.3 is 10.4 Å². The van der Waals surface area contributed by atoms with E-state index in [1.807, 2.05) is 6.07 Å². The molecule has 6 nitrogen and oxygen atoms in total. The molecule has 2 atom stereocenters. The molecule has 1 aromatic rings. The first-order valence-electron chi connectivity index (χ1n) is 9.23. The number of nitro groups is 1. The number of benzene rings is 1. The summed E-state index contributed by atoms with van der Waals surface area (Å²) in [5.41, 5.74) is 1.83. The van der Waals surface area contributed by atoms with Crippen LogP contribution in [0.1, 0.15) is 58.6 Å². The summed E-state index contributed by atoms with van der Waals surface area (Å²) < 4.78 is 0. The van der Waals surface area contributed by atoms with E-state index in [0.717, 1.165) is 43.6 Å². The quantitative estimate of drug-likeness (QED) is 0.548. The third kappa shape index (κ3) is 4.30. The van der Waals surface area contributed by atoms with Gasteiger partial charge in [0.1, 0.15) is 0 Å². The zero-order valence-corrected chi connectivity index (χ0v) is 15.8. The molecule has 0 aliphatic carbocycles. The molecule has 1 aliphatic rings. The summed E-state index contributed by atoms with van der Waals surface area (Å²) in [6.45, 7) is 10.5. The Balaban J connectivity index is 2.46. The van der Waals surface area contributed by atoms with Gasteiger partial charge >= 0.3 is 0 Å². The molecule has 140 valence electrons. The molecule has 1 aromatic carbocycles. The van der Waals surface area contributed by atoms with Crippen molar-refractivity contribution in [3.63, 3.8) is 0 Å². The summed E-state index contributed by atoms with van der Waals surface area (Å²) >= 11 is 0. The minimum atomic E-state index is -0.328. The first-order chi connectivity index (χ1) is 11.8. The highest BCUT2D eigenvalue weighted by Gasteiger charge is 2.38. The van der Waals surface area contributed by atoms with Crippen LogP contribution < -0.4 is 5.32 Å². The summed E-state index contributed by atoms with van der Waals surface area (Å²) in [6.07, 6.45) is 2.92. The van der Waals surface area contributed by atoms with Crippen LogP contribution in [0, 0.1) is 15.5 Å². The predicted molar refractivity (Wildman–Crippen MR) is 101 cm³/mol. The van der Waals surface area contributed by atoms with Gasteiger partial charge in [0.15, 0.2) is 0 Å². The Morgan fingerprint density at radius 2 is 1.96 bits per heavy atom. The van der Waals surface area contributed by atoms with Gasteiger partial charge in [0, 0.05) is 35.3 Å². The Morgan fingerprint density at radius 1 is 1.32 bits per heavy atom. The lowest BCUT2D eigenvalue weighted by Gasteiger charge is -2.44. The lowest BCUT2D eigenvalue weighted by Crippen LogP contribution is -2.46. The predicted octanol–water partition coefficient (Wildman–Crippen LogP) is 3.96. The molecule has 2 unspecified atom stereocenters. The van der Waals surface area contributed by atoms with Crippen molar-refractivity contribution >= 4 is 11.4 Å². The second-order valence-corrected chi connectivity index (χ2v) is 7.66. The van der Waals surface area contributed by atoms with Crippen LogP contribution in [0.3, 0.4) is 0 Å². The zero-order valence-electron chi connectivity index (χ0n) is 15.8. The van der Waals surface area contributed by atoms with E-state index in [1.165, 1.54) is 0 Å². The molecule has 0 fully saturated rings. The fraction of sp³-hybridized carbons (Fsp3) is 0.684. The molecule has 6 heteroatoms.